The molecule has 1 N–H and O–H groups in total. The molecule has 1 heterocycles. The molecule has 0 radical (unpaired) electrons. The average molecular weight is 312 g/mol. The summed E-state index contributed by atoms with van der Waals surface area (Å²) in [4.78, 5) is 20.6. The minimum atomic E-state index is -0.00749. The molecule has 23 heavy (non-hydrogen) atoms. The molecular formula is C18H24N4O. The van der Waals surface area contributed by atoms with E-state index in [2.05, 4.69) is 15.2 Å². The van der Waals surface area contributed by atoms with Gasteiger partial charge in [0.1, 0.15) is 5.82 Å². The maximum Gasteiger partial charge on any atom is 0.254 e. The van der Waals surface area contributed by atoms with Crippen molar-refractivity contribution in [1.29, 1.82) is 0 Å². The third-order valence-electron chi connectivity index (χ3n) is 3.48. The van der Waals surface area contributed by atoms with E-state index in [1.807, 2.05) is 51.5 Å². The summed E-state index contributed by atoms with van der Waals surface area (Å²) in [5, 5.41) is 3.24. The van der Waals surface area contributed by atoms with Crippen molar-refractivity contribution in [2.45, 2.75) is 6.54 Å². The van der Waals surface area contributed by atoms with E-state index in [-0.39, 0.29) is 5.91 Å². The van der Waals surface area contributed by atoms with Gasteiger partial charge in [-0.15, -0.1) is 0 Å². The summed E-state index contributed by atoms with van der Waals surface area (Å²) in [7, 11) is 5.86. The number of amides is 1. The number of anilines is 1. The predicted molar refractivity (Wildman–Crippen MR) is 93.5 cm³/mol. The van der Waals surface area contributed by atoms with E-state index >= 15 is 0 Å². The van der Waals surface area contributed by atoms with Gasteiger partial charge in [-0.1, -0.05) is 30.3 Å². The van der Waals surface area contributed by atoms with Crippen LogP contribution >= 0.6 is 0 Å². The summed E-state index contributed by atoms with van der Waals surface area (Å²) in [5.74, 6) is 0.720. The Labute approximate surface area is 137 Å². The van der Waals surface area contributed by atoms with Crippen molar-refractivity contribution in [2.75, 3.05) is 39.5 Å². The number of likely N-dealkylation sites (N-methyl/N-ethyl adjacent to an activating group) is 1. The molecule has 5 nitrogen and oxygen atoms in total. The first kappa shape index (κ1) is 17.0. The van der Waals surface area contributed by atoms with Gasteiger partial charge in [0.15, 0.2) is 0 Å². The summed E-state index contributed by atoms with van der Waals surface area (Å²) in [5.41, 5.74) is 1.76. The highest BCUT2D eigenvalue weighted by molar-refractivity contribution is 5.94. The Hall–Kier alpha value is -2.40. The van der Waals surface area contributed by atoms with Gasteiger partial charge in [0, 0.05) is 38.4 Å². The van der Waals surface area contributed by atoms with Gasteiger partial charge in [0.25, 0.3) is 5.91 Å². The molecule has 1 aromatic carbocycles. The first-order valence-corrected chi connectivity index (χ1v) is 7.70. The third kappa shape index (κ3) is 5.38. The summed E-state index contributed by atoms with van der Waals surface area (Å²) < 4.78 is 0. The summed E-state index contributed by atoms with van der Waals surface area (Å²) in [6, 6.07) is 13.5. The number of benzene rings is 1. The molecule has 0 unspecified atom stereocenters. The summed E-state index contributed by atoms with van der Waals surface area (Å²) >= 11 is 0. The number of hydrogen-bond acceptors (Lipinski definition) is 4. The second-order valence-electron chi connectivity index (χ2n) is 5.81. The monoisotopic (exact) mass is 312 g/mol. The van der Waals surface area contributed by atoms with Gasteiger partial charge in [-0.2, -0.15) is 0 Å². The zero-order chi connectivity index (χ0) is 16.7. The second-order valence-corrected chi connectivity index (χ2v) is 5.81. The van der Waals surface area contributed by atoms with Crippen molar-refractivity contribution in [1.82, 2.24) is 14.8 Å². The van der Waals surface area contributed by atoms with Crippen molar-refractivity contribution in [2.24, 2.45) is 0 Å². The van der Waals surface area contributed by atoms with Crippen LogP contribution in [0.3, 0.4) is 0 Å². The van der Waals surface area contributed by atoms with Crippen LogP contribution in [-0.4, -0.2) is 54.9 Å². The first-order valence-electron chi connectivity index (χ1n) is 7.70. The fraction of sp³-hybridized carbons (Fsp3) is 0.333. The number of pyridine rings is 1. The molecule has 0 aliphatic heterocycles. The van der Waals surface area contributed by atoms with Gasteiger partial charge in [-0.25, -0.2) is 4.98 Å². The van der Waals surface area contributed by atoms with E-state index in [1.54, 1.807) is 23.2 Å². The molecule has 0 saturated heterocycles. The number of carbonyl (C=O) groups excluding carboxylic acids is 1. The van der Waals surface area contributed by atoms with Crippen molar-refractivity contribution in [3.8, 4) is 0 Å². The number of nitrogens with zero attached hydrogens (tertiary/aromatic N) is 3. The van der Waals surface area contributed by atoms with E-state index in [9.17, 15) is 4.79 Å². The fourth-order valence-electron chi connectivity index (χ4n) is 2.22. The molecule has 122 valence electrons. The van der Waals surface area contributed by atoms with Gasteiger partial charge in [-0.05, 0) is 31.8 Å². The Morgan fingerprint density at radius 3 is 2.57 bits per heavy atom. The Morgan fingerprint density at radius 1 is 1.13 bits per heavy atom. The maximum atomic E-state index is 12.5. The highest BCUT2D eigenvalue weighted by Gasteiger charge is 2.12. The zero-order valence-corrected chi connectivity index (χ0v) is 14.0. The lowest BCUT2D eigenvalue weighted by molar-refractivity contribution is 0.0785. The van der Waals surface area contributed by atoms with Crippen molar-refractivity contribution in [3.05, 3.63) is 59.8 Å². The Bertz CT molecular complexity index is 628. The van der Waals surface area contributed by atoms with Crippen molar-refractivity contribution in [3.63, 3.8) is 0 Å². The van der Waals surface area contributed by atoms with Gasteiger partial charge in [-0.3, -0.25) is 4.79 Å². The van der Waals surface area contributed by atoms with Crippen LogP contribution in [0, 0.1) is 0 Å². The topological polar surface area (TPSA) is 48.5 Å². The quantitative estimate of drug-likeness (QED) is 0.852. The lowest BCUT2D eigenvalue weighted by atomic mass is 10.2. The van der Waals surface area contributed by atoms with Crippen molar-refractivity contribution < 1.29 is 4.79 Å². The SMILES string of the molecule is CN(C)CCNc1cc(C(=O)N(C)Cc2ccccc2)ccn1. The number of rotatable bonds is 7. The molecule has 0 saturated carbocycles. The minimum Gasteiger partial charge on any atom is -0.369 e. The lowest BCUT2D eigenvalue weighted by Crippen LogP contribution is -2.26. The van der Waals surface area contributed by atoms with Gasteiger partial charge in [0.05, 0.1) is 0 Å². The molecule has 1 aromatic heterocycles. The van der Waals surface area contributed by atoms with Crippen LogP contribution in [0.15, 0.2) is 48.7 Å². The third-order valence-corrected chi connectivity index (χ3v) is 3.48. The Balaban J connectivity index is 1.98. The molecule has 0 aliphatic carbocycles. The van der Waals surface area contributed by atoms with Gasteiger partial charge < -0.3 is 15.1 Å². The maximum absolute atomic E-state index is 12.5. The smallest absolute Gasteiger partial charge is 0.254 e. The molecule has 1 amide bonds. The second kappa shape index (κ2) is 8.29. The van der Waals surface area contributed by atoms with Gasteiger partial charge >= 0.3 is 0 Å². The molecule has 2 aromatic rings. The zero-order valence-electron chi connectivity index (χ0n) is 14.0. The molecule has 0 bridgehead atoms. The van der Waals surface area contributed by atoms with E-state index in [0.29, 0.717) is 12.1 Å². The number of aromatic nitrogens is 1. The van der Waals surface area contributed by atoms with Crippen LogP contribution in [0.4, 0.5) is 5.82 Å². The highest BCUT2D eigenvalue weighted by Crippen LogP contribution is 2.11. The predicted octanol–water partition coefficient (Wildman–Crippen LogP) is 2.33. The minimum absolute atomic E-state index is 0.00749. The van der Waals surface area contributed by atoms with E-state index < -0.39 is 0 Å². The largest absolute Gasteiger partial charge is 0.369 e. The van der Waals surface area contributed by atoms with E-state index in [0.717, 1.165) is 24.5 Å². The van der Waals surface area contributed by atoms with Crippen LogP contribution in [-0.2, 0) is 6.54 Å². The van der Waals surface area contributed by atoms with E-state index in [4.69, 9.17) is 0 Å². The molecule has 0 fully saturated rings. The lowest BCUT2D eigenvalue weighted by Gasteiger charge is -2.18. The van der Waals surface area contributed by atoms with Crippen LogP contribution in [0.1, 0.15) is 15.9 Å². The van der Waals surface area contributed by atoms with Crippen LogP contribution in [0.25, 0.3) is 0 Å². The molecule has 0 atom stereocenters. The van der Waals surface area contributed by atoms with Crippen molar-refractivity contribution >= 4 is 11.7 Å². The summed E-state index contributed by atoms with van der Waals surface area (Å²) in [6.07, 6.45) is 1.67. The normalized spacial score (nSPS) is 10.6. The first-order chi connectivity index (χ1) is 11.1. The highest BCUT2D eigenvalue weighted by atomic mass is 16.2. The van der Waals surface area contributed by atoms with Crippen LogP contribution in [0.2, 0.25) is 0 Å². The van der Waals surface area contributed by atoms with E-state index in [1.165, 1.54) is 0 Å². The number of nitrogens with one attached hydrogen (secondary N) is 1. The molecule has 0 aliphatic rings. The Kier molecular flexibility index (Phi) is 6.11. The number of carbonyl (C=O) groups is 1. The molecule has 0 spiro atoms. The fourth-order valence-corrected chi connectivity index (χ4v) is 2.22. The Morgan fingerprint density at radius 2 is 1.87 bits per heavy atom. The van der Waals surface area contributed by atoms with Crippen LogP contribution in [0.5, 0.6) is 0 Å². The molecular weight excluding hydrogens is 288 g/mol. The average Bonchev–Trinajstić information content (AvgIpc) is 2.55. The molecule has 2 rings (SSSR count). The van der Waals surface area contributed by atoms with Crippen LogP contribution < -0.4 is 5.32 Å². The number of hydrogen-bond donors (Lipinski definition) is 1. The molecule has 5 heteroatoms. The standard InChI is InChI=1S/C18H24N4O/c1-21(2)12-11-20-17-13-16(9-10-19-17)18(23)22(3)14-15-7-5-4-6-8-15/h4-10,13H,11-12,14H2,1-3H3,(H,19,20). The van der Waals surface area contributed by atoms with Gasteiger partial charge in [0.2, 0.25) is 0 Å². The summed E-state index contributed by atoms with van der Waals surface area (Å²) in [6.45, 7) is 2.29.